The summed E-state index contributed by atoms with van der Waals surface area (Å²) in [5.74, 6) is 0. The smallest absolute Gasteiger partial charge is 0.0753 e. The number of aryl methyl sites for hydroxylation is 1. The van der Waals surface area contributed by atoms with E-state index in [1.165, 1.54) is 38.2 Å². The molecule has 16 heavy (non-hydrogen) atoms. The first kappa shape index (κ1) is 10.1. The van der Waals surface area contributed by atoms with Gasteiger partial charge in [-0.3, -0.25) is 9.58 Å². The van der Waals surface area contributed by atoms with E-state index in [-0.39, 0.29) is 0 Å². The summed E-state index contributed by atoms with van der Waals surface area (Å²) in [6.45, 7) is 7.98. The van der Waals surface area contributed by atoms with Crippen molar-refractivity contribution < 1.29 is 0 Å². The van der Waals surface area contributed by atoms with E-state index < -0.39 is 0 Å². The Kier molecular flexibility index (Phi) is 2.59. The number of nitrogens with zero attached hydrogens (tertiary/aromatic N) is 4. The Morgan fingerprint density at radius 1 is 1.38 bits per heavy atom. The van der Waals surface area contributed by atoms with Crippen LogP contribution in [0.5, 0.6) is 0 Å². The van der Waals surface area contributed by atoms with Crippen LogP contribution in [0.15, 0.2) is 12.4 Å². The number of hydrogen-bond donors (Lipinski definition) is 0. The van der Waals surface area contributed by atoms with E-state index in [0.29, 0.717) is 0 Å². The molecule has 1 aromatic rings. The van der Waals surface area contributed by atoms with Gasteiger partial charge in [0.1, 0.15) is 0 Å². The van der Waals surface area contributed by atoms with Crippen molar-refractivity contribution in [3.63, 3.8) is 0 Å². The van der Waals surface area contributed by atoms with Crippen molar-refractivity contribution in [3.05, 3.63) is 12.4 Å². The highest BCUT2D eigenvalue weighted by molar-refractivity contribution is 5.43. The van der Waals surface area contributed by atoms with Gasteiger partial charge in [-0.25, -0.2) is 0 Å². The molecule has 88 valence electrons. The first-order valence-corrected chi connectivity index (χ1v) is 6.38. The number of hydrogen-bond acceptors (Lipinski definition) is 3. The molecule has 0 aliphatic carbocycles. The molecule has 2 aliphatic heterocycles. The largest absolute Gasteiger partial charge is 0.366 e. The van der Waals surface area contributed by atoms with Crippen molar-refractivity contribution in [2.45, 2.75) is 32.4 Å². The minimum Gasteiger partial charge on any atom is -0.366 e. The third-order valence-corrected chi connectivity index (χ3v) is 3.90. The zero-order chi connectivity index (χ0) is 11.0. The van der Waals surface area contributed by atoms with Crippen LogP contribution in [0, 0.1) is 0 Å². The van der Waals surface area contributed by atoms with Gasteiger partial charge in [0.15, 0.2) is 0 Å². The fraction of sp³-hybridized carbons (Fsp3) is 0.750. The topological polar surface area (TPSA) is 24.3 Å². The van der Waals surface area contributed by atoms with Crippen molar-refractivity contribution in [1.82, 2.24) is 14.7 Å². The Morgan fingerprint density at radius 3 is 3.12 bits per heavy atom. The quantitative estimate of drug-likeness (QED) is 0.748. The molecule has 0 bridgehead atoms. The van der Waals surface area contributed by atoms with Crippen molar-refractivity contribution in [2.24, 2.45) is 0 Å². The van der Waals surface area contributed by atoms with Crippen LogP contribution in [0.1, 0.15) is 19.8 Å². The Balaban J connectivity index is 1.71. The summed E-state index contributed by atoms with van der Waals surface area (Å²) in [5, 5.41) is 4.36. The summed E-state index contributed by atoms with van der Waals surface area (Å²) in [6.07, 6.45) is 6.93. The summed E-state index contributed by atoms with van der Waals surface area (Å²) in [4.78, 5) is 5.13. The van der Waals surface area contributed by atoms with Gasteiger partial charge in [-0.15, -0.1) is 0 Å². The third kappa shape index (κ3) is 1.71. The lowest BCUT2D eigenvalue weighted by molar-refractivity contribution is 0.231. The second-order valence-electron chi connectivity index (χ2n) is 4.83. The number of anilines is 1. The van der Waals surface area contributed by atoms with Gasteiger partial charge in [0, 0.05) is 38.4 Å². The highest BCUT2D eigenvalue weighted by Crippen LogP contribution is 2.24. The van der Waals surface area contributed by atoms with Crippen LogP contribution in [-0.4, -0.2) is 46.9 Å². The molecule has 2 fully saturated rings. The highest BCUT2D eigenvalue weighted by Gasteiger charge is 2.30. The van der Waals surface area contributed by atoms with Gasteiger partial charge in [0.2, 0.25) is 0 Å². The number of piperazine rings is 1. The van der Waals surface area contributed by atoms with E-state index in [1.807, 2.05) is 10.9 Å². The minimum atomic E-state index is 0.790. The van der Waals surface area contributed by atoms with Crippen LogP contribution in [-0.2, 0) is 6.54 Å². The lowest BCUT2D eigenvalue weighted by atomic mass is 10.1. The maximum absolute atomic E-state index is 4.36. The molecule has 0 N–H and O–H groups in total. The zero-order valence-electron chi connectivity index (χ0n) is 9.97. The summed E-state index contributed by atoms with van der Waals surface area (Å²) in [6, 6.07) is 0.790. The number of rotatable bonds is 2. The molecule has 4 nitrogen and oxygen atoms in total. The molecule has 1 aromatic heterocycles. The minimum absolute atomic E-state index is 0.790. The number of aromatic nitrogens is 2. The fourth-order valence-corrected chi connectivity index (χ4v) is 2.91. The molecule has 0 amide bonds. The second kappa shape index (κ2) is 4.09. The van der Waals surface area contributed by atoms with E-state index in [9.17, 15) is 0 Å². The van der Waals surface area contributed by atoms with Gasteiger partial charge in [0.25, 0.3) is 0 Å². The summed E-state index contributed by atoms with van der Waals surface area (Å²) in [7, 11) is 0. The Bertz CT molecular complexity index is 360. The maximum atomic E-state index is 4.36. The first-order chi connectivity index (χ1) is 7.86. The highest BCUT2D eigenvalue weighted by atomic mass is 15.3. The Labute approximate surface area is 96.8 Å². The number of fused-ring (bicyclic) bond motifs is 1. The molecule has 1 atom stereocenters. The van der Waals surface area contributed by atoms with E-state index in [2.05, 4.69) is 28.0 Å². The van der Waals surface area contributed by atoms with Crippen LogP contribution in [0.2, 0.25) is 0 Å². The Hall–Kier alpha value is -1.03. The standard InChI is InChI=1S/C12H20N4/c1-2-16-10-12(8-13-16)15-7-6-14-5-3-4-11(14)9-15/h8,10-11H,2-7,9H2,1H3. The van der Waals surface area contributed by atoms with Crippen molar-refractivity contribution in [3.8, 4) is 0 Å². The van der Waals surface area contributed by atoms with Crippen LogP contribution < -0.4 is 4.90 Å². The molecule has 0 saturated carbocycles. The van der Waals surface area contributed by atoms with Gasteiger partial charge in [-0.05, 0) is 26.3 Å². The SMILES string of the molecule is CCn1cc(N2CCN3CCCC3C2)cn1. The molecular formula is C12H20N4. The van der Waals surface area contributed by atoms with Gasteiger partial charge >= 0.3 is 0 Å². The predicted octanol–water partition coefficient (Wildman–Crippen LogP) is 1.19. The fourth-order valence-electron chi connectivity index (χ4n) is 2.91. The Morgan fingerprint density at radius 2 is 2.31 bits per heavy atom. The van der Waals surface area contributed by atoms with Gasteiger partial charge in [-0.1, -0.05) is 0 Å². The molecule has 0 spiro atoms. The normalized spacial score (nSPS) is 26.1. The van der Waals surface area contributed by atoms with Gasteiger partial charge < -0.3 is 4.90 Å². The lowest BCUT2D eigenvalue weighted by Crippen LogP contribution is -2.50. The molecule has 2 saturated heterocycles. The van der Waals surface area contributed by atoms with E-state index in [4.69, 9.17) is 0 Å². The zero-order valence-corrected chi connectivity index (χ0v) is 9.97. The molecule has 3 heterocycles. The van der Waals surface area contributed by atoms with E-state index in [1.54, 1.807) is 0 Å². The molecule has 0 radical (unpaired) electrons. The lowest BCUT2D eigenvalue weighted by Gasteiger charge is -2.38. The summed E-state index contributed by atoms with van der Waals surface area (Å²) in [5.41, 5.74) is 1.30. The summed E-state index contributed by atoms with van der Waals surface area (Å²) < 4.78 is 2.01. The van der Waals surface area contributed by atoms with Crippen molar-refractivity contribution >= 4 is 5.69 Å². The average Bonchev–Trinajstić information content (AvgIpc) is 2.96. The van der Waals surface area contributed by atoms with Crippen LogP contribution in [0.3, 0.4) is 0 Å². The van der Waals surface area contributed by atoms with Gasteiger partial charge in [-0.2, -0.15) is 5.10 Å². The van der Waals surface area contributed by atoms with Crippen molar-refractivity contribution in [1.29, 1.82) is 0 Å². The molecule has 4 heteroatoms. The van der Waals surface area contributed by atoms with Gasteiger partial charge in [0.05, 0.1) is 11.9 Å². The monoisotopic (exact) mass is 220 g/mol. The van der Waals surface area contributed by atoms with Crippen LogP contribution in [0.25, 0.3) is 0 Å². The second-order valence-corrected chi connectivity index (χ2v) is 4.83. The third-order valence-electron chi connectivity index (χ3n) is 3.90. The predicted molar refractivity (Wildman–Crippen MR) is 64.7 cm³/mol. The molecule has 2 aliphatic rings. The molecular weight excluding hydrogens is 200 g/mol. The molecule has 0 aromatic carbocycles. The molecule has 3 rings (SSSR count). The summed E-state index contributed by atoms with van der Waals surface area (Å²) >= 11 is 0. The van der Waals surface area contributed by atoms with E-state index >= 15 is 0 Å². The molecule has 1 unspecified atom stereocenters. The maximum Gasteiger partial charge on any atom is 0.0753 e. The van der Waals surface area contributed by atoms with E-state index in [0.717, 1.165) is 19.1 Å². The van der Waals surface area contributed by atoms with Crippen molar-refractivity contribution in [2.75, 3.05) is 31.1 Å². The average molecular weight is 220 g/mol. The first-order valence-electron chi connectivity index (χ1n) is 6.38. The van der Waals surface area contributed by atoms with Crippen LogP contribution >= 0.6 is 0 Å². The van der Waals surface area contributed by atoms with Crippen LogP contribution in [0.4, 0.5) is 5.69 Å².